The Morgan fingerprint density at radius 1 is 1.44 bits per heavy atom. The molecule has 0 spiro atoms. The molecule has 16 heavy (non-hydrogen) atoms. The monoisotopic (exact) mass is 243 g/mol. The van der Waals surface area contributed by atoms with Gasteiger partial charge in [-0.2, -0.15) is 0 Å². The average molecular weight is 243 g/mol. The van der Waals surface area contributed by atoms with E-state index in [0.717, 1.165) is 18.7 Å². The lowest BCUT2D eigenvalue weighted by Gasteiger charge is -2.17. The molecule has 0 unspecified atom stereocenters. The lowest BCUT2D eigenvalue weighted by Crippen LogP contribution is -2.11. The Bertz CT molecular complexity index is 361. The van der Waals surface area contributed by atoms with Crippen molar-refractivity contribution >= 4 is 17.7 Å². The first-order valence-electron chi connectivity index (χ1n) is 5.36. The molecule has 1 heterocycles. The van der Waals surface area contributed by atoms with Crippen LogP contribution in [-0.4, -0.2) is 31.6 Å². The SMILES string of the molecule is CCC(CC)n1c(C)nnc1SCC(=O)O. The van der Waals surface area contributed by atoms with Gasteiger partial charge in [0, 0.05) is 6.04 Å². The summed E-state index contributed by atoms with van der Waals surface area (Å²) in [6, 6.07) is 0.353. The van der Waals surface area contributed by atoms with E-state index in [4.69, 9.17) is 5.11 Å². The van der Waals surface area contributed by atoms with Gasteiger partial charge in [-0.1, -0.05) is 25.6 Å². The Kier molecular flexibility index (Phi) is 4.79. The van der Waals surface area contributed by atoms with Crippen molar-refractivity contribution in [3.63, 3.8) is 0 Å². The minimum Gasteiger partial charge on any atom is -0.481 e. The van der Waals surface area contributed by atoms with Crippen LogP contribution in [0.1, 0.15) is 38.6 Å². The summed E-state index contributed by atoms with van der Waals surface area (Å²) < 4.78 is 2.04. The van der Waals surface area contributed by atoms with Crippen LogP contribution in [0.2, 0.25) is 0 Å². The molecule has 0 aliphatic carbocycles. The molecule has 0 atom stereocenters. The number of rotatable bonds is 6. The van der Waals surface area contributed by atoms with Crippen LogP contribution in [0.3, 0.4) is 0 Å². The van der Waals surface area contributed by atoms with E-state index in [2.05, 4.69) is 24.0 Å². The van der Waals surface area contributed by atoms with Gasteiger partial charge in [0.05, 0.1) is 5.75 Å². The third kappa shape index (κ3) is 2.98. The molecular weight excluding hydrogens is 226 g/mol. The van der Waals surface area contributed by atoms with Crippen LogP contribution in [0.25, 0.3) is 0 Å². The molecule has 0 amide bonds. The highest BCUT2D eigenvalue weighted by Gasteiger charge is 2.16. The fourth-order valence-corrected chi connectivity index (χ4v) is 2.42. The van der Waals surface area contributed by atoms with Gasteiger partial charge in [-0.3, -0.25) is 4.79 Å². The van der Waals surface area contributed by atoms with Gasteiger partial charge in [0.1, 0.15) is 5.82 Å². The van der Waals surface area contributed by atoms with E-state index in [9.17, 15) is 4.79 Å². The second kappa shape index (κ2) is 5.89. The second-order valence-electron chi connectivity index (χ2n) is 3.55. The Balaban J connectivity index is 2.88. The van der Waals surface area contributed by atoms with Crippen LogP contribution in [0, 0.1) is 6.92 Å². The fourth-order valence-electron chi connectivity index (χ4n) is 1.65. The normalized spacial score (nSPS) is 11.0. The molecule has 6 heteroatoms. The number of nitrogens with zero attached hydrogens (tertiary/aromatic N) is 3. The molecule has 5 nitrogen and oxygen atoms in total. The smallest absolute Gasteiger partial charge is 0.313 e. The predicted octanol–water partition coefficient (Wildman–Crippen LogP) is 2.12. The molecule has 1 rings (SSSR count). The van der Waals surface area contributed by atoms with Crippen LogP contribution in [0.15, 0.2) is 5.16 Å². The van der Waals surface area contributed by atoms with E-state index in [-0.39, 0.29) is 5.75 Å². The largest absolute Gasteiger partial charge is 0.481 e. The minimum atomic E-state index is -0.832. The summed E-state index contributed by atoms with van der Waals surface area (Å²) in [5, 5.41) is 17.4. The third-order valence-electron chi connectivity index (χ3n) is 2.47. The van der Waals surface area contributed by atoms with Crippen molar-refractivity contribution in [1.29, 1.82) is 0 Å². The zero-order valence-electron chi connectivity index (χ0n) is 9.80. The number of aryl methyl sites for hydroxylation is 1. The zero-order chi connectivity index (χ0) is 12.1. The van der Waals surface area contributed by atoms with E-state index >= 15 is 0 Å². The van der Waals surface area contributed by atoms with Crippen molar-refractivity contribution < 1.29 is 9.90 Å². The first kappa shape index (κ1) is 13.0. The van der Waals surface area contributed by atoms with Crippen molar-refractivity contribution in [2.24, 2.45) is 0 Å². The van der Waals surface area contributed by atoms with E-state index in [1.54, 1.807) is 0 Å². The molecule has 0 bridgehead atoms. The standard InChI is InChI=1S/C10H17N3O2S/c1-4-8(5-2)13-7(3)11-12-10(13)16-6-9(14)15/h8H,4-6H2,1-3H3,(H,14,15). The molecule has 1 N–H and O–H groups in total. The Labute approximate surface area is 99.3 Å². The summed E-state index contributed by atoms with van der Waals surface area (Å²) >= 11 is 1.22. The predicted molar refractivity (Wildman–Crippen MR) is 62.7 cm³/mol. The van der Waals surface area contributed by atoms with Crippen LogP contribution < -0.4 is 0 Å². The Morgan fingerprint density at radius 2 is 2.06 bits per heavy atom. The Morgan fingerprint density at radius 3 is 2.56 bits per heavy atom. The van der Waals surface area contributed by atoms with Gasteiger partial charge >= 0.3 is 5.97 Å². The second-order valence-corrected chi connectivity index (χ2v) is 4.50. The molecule has 0 aliphatic heterocycles. The number of thioether (sulfide) groups is 1. The van der Waals surface area contributed by atoms with Crippen molar-refractivity contribution in [3.8, 4) is 0 Å². The van der Waals surface area contributed by atoms with Gasteiger partial charge in [0.15, 0.2) is 5.16 Å². The van der Waals surface area contributed by atoms with Crippen LogP contribution >= 0.6 is 11.8 Å². The lowest BCUT2D eigenvalue weighted by molar-refractivity contribution is -0.133. The van der Waals surface area contributed by atoms with Crippen molar-refractivity contribution in [2.45, 2.75) is 44.8 Å². The highest BCUT2D eigenvalue weighted by atomic mass is 32.2. The zero-order valence-corrected chi connectivity index (χ0v) is 10.6. The lowest BCUT2D eigenvalue weighted by atomic mass is 10.2. The molecule has 0 aliphatic rings. The van der Waals surface area contributed by atoms with E-state index < -0.39 is 5.97 Å². The summed E-state index contributed by atoms with van der Waals surface area (Å²) in [5.74, 6) is 0.0431. The molecule has 0 fully saturated rings. The molecule has 0 aromatic carbocycles. The van der Waals surface area contributed by atoms with E-state index in [0.29, 0.717) is 11.2 Å². The topological polar surface area (TPSA) is 68.0 Å². The molecule has 1 aromatic heterocycles. The number of hydrogen-bond donors (Lipinski definition) is 1. The van der Waals surface area contributed by atoms with Gasteiger partial charge < -0.3 is 9.67 Å². The summed E-state index contributed by atoms with van der Waals surface area (Å²) in [6.07, 6.45) is 1.99. The van der Waals surface area contributed by atoms with Crippen LogP contribution in [0.5, 0.6) is 0 Å². The van der Waals surface area contributed by atoms with Crippen molar-refractivity contribution in [3.05, 3.63) is 5.82 Å². The number of carboxylic acids is 1. The number of hydrogen-bond acceptors (Lipinski definition) is 4. The van der Waals surface area contributed by atoms with Crippen LogP contribution in [-0.2, 0) is 4.79 Å². The van der Waals surface area contributed by atoms with Gasteiger partial charge in [-0.05, 0) is 19.8 Å². The van der Waals surface area contributed by atoms with Crippen molar-refractivity contribution in [1.82, 2.24) is 14.8 Å². The highest BCUT2D eigenvalue weighted by Crippen LogP contribution is 2.25. The molecular formula is C10H17N3O2S. The molecule has 1 aromatic rings. The van der Waals surface area contributed by atoms with E-state index in [1.165, 1.54) is 11.8 Å². The number of carbonyl (C=O) groups is 1. The third-order valence-corrected chi connectivity index (χ3v) is 3.40. The molecule has 0 radical (unpaired) electrons. The first-order chi connectivity index (χ1) is 7.60. The average Bonchev–Trinajstić information content (AvgIpc) is 2.60. The fraction of sp³-hybridized carbons (Fsp3) is 0.700. The van der Waals surface area contributed by atoms with Gasteiger partial charge in [0.2, 0.25) is 0 Å². The Hall–Kier alpha value is -1.04. The minimum absolute atomic E-state index is 0.0261. The molecule has 0 saturated carbocycles. The van der Waals surface area contributed by atoms with Gasteiger partial charge in [-0.25, -0.2) is 0 Å². The van der Waals surface area contributed by atoms with Crippen LogP contribution in [0.4, 0.5) is 0 Å². The number of carboxylic acid groups (broad SMARTS) is 1. The van der Waals surface area contributed by atoms with Gasteiger partial charge in [-0.15, -0.1) is 10.2 Å². The quantitative estimate of drug-likeness (QED) is 0.775. The molecule has 90 valence electrons. The maximum Gasteiger partial charge on any atom is 0.313 e. The summed E-state index contributed by atoms with van der Waals surface area (Å²) in [6.45, 7) is 6.12. The maximum atomic E-state index is 10.5. The summed E-state index contributed by atoms with van der Waals surface area (Å²) in [5.41, 5.74) is 0. The summed E-state index contributed by atoms with van der Waals surface area (Å²) in [7, 11) is 0. The number of aliphatic carboxylic acids is 1. The first-order valence-corrected chi connectivity index (χ1v) is 6.34. The van der Waals surface area contributed by atoms with Crippen molar-refractivity contribution in [2.75, 3.05) is 5.75 Å². The highest BCUT2D eigenvalue weighted by molar-refractivity contribution is 7.99. The van der Waals surface area contributed by atoms with Gasteiger partial charge in [0.25, 0.3) is 0 Å². The van der Waals surface area contributed by atoms with E-state index in [1.807, 2.05) is 11.5 Å². The summed E-state index contributed by atoms with van der Waals surface area (Å²) in [4.78, 5) is 10.5. The number of aromatic nitrogens is 3. The maximum absolute atomic E-state index is 10.5. The molecule has 0 saturated heterocycles.